The Hall–Kier alpha value is -1.04. The van der Waals surface area contributed by atoms with E-state index in [-0.39, 0.29) is 6.54 Å². The molecule has 88 valence electrons. The van der Waals surface area contributed by atoms with Crippen molar-refractivity contribution in [3.05, 3.63) is 11.5 Å². The third-order valence-electron chi connectivity index (χ3n) is 1.11. The number of hydrogen-bond acceptors (Lipinski definition) is 4. The molecule has 0 radical (unpaired) electrons. The lowest BCUT2D eigenvalue weighted by molar-refractivity contribution is 0.0534. The van der Waals surface area contributed by atoms with E-state index in [0.717, 1.165) is 11.7 Å². The molecule has 0 aromatic carbocycles. The smallest absolute Gasteiger partial charge is 0.407 e. The summed E-state index contributed by atoms with van der Waals surface area (Å²) in [4.78, 5) is 11.1. The molecule has 0 spiro atoms. The molecule has 0 saturated heterocycles. The molecule has 0 fully saturated rings. The van der Waals surface area contributed by atoms with E-state index in [0.29, 0.717) is 0 Å². The van der Waals surface area contributed by atoms with Crippen molar-refractivity contribution in [3.8, 4) is 0 Å². The van der Waals surface area contributed by atoms with Crippen molar-refractivity contribution >= 4 is 15.9 Å². The molecule has 0 bridgehead atoms. The molecule has 0 aromatic heterocycles. The fraction of sp³-hybridized carbons (Fsp3) is 0.667. The first-order valence-electron chi connectivity index (χ1n) is 4.43. The topological polar surface area (TPSA) is 72.5 Å². The van der Waals surface area contributed by atoms with E-state index in [2.05, 4.69) is 5.32 Å². The minimum absolute atomic E-state index is 0.127. The molecule has 0 saturated carbocycles. The Bertz CT molecular complexity index is 338. The molecule has 0 rings (SSSR count). The summed E-state index contributed by atoms with van der Waals surface area (Å²) < 4.78 is 26.3. The van der Waals surface area contributed by atoms with Gasteiger partial charge in [0.15, 0.2) is 9.84 Å². The summed E-state index contributed by atoms with van der Waals surface area (Å²) in [7, 11) is -3.13. The number of sulfone groups is 1. The second-order valence-electron chi connectivity index (χ2n) is 4.08. The van der Waals surface area contributed by atoms with Crippen LogP contribution in [0, 0.1) is 0 Å². The zero-order valence-electron chi connectivity index (χ0n) is 9.40. The lowest BCUT2D eigenvalue weighted by Crippen LogP contribution is -2.32. The predicted molar refractivity (Wildman–Crippen MR) is 58.2 cm³/mol. The zero-order valence-corrected chi connectivity index (χ0v) is 10.2. The maximum atomic E-state index is 11.1. The van der Waals surface area contributed by atoms with Crippen LogP contribution in [0.3, 0.4) is 0 Å². The predicted octanol–water partition coefficient (Wildman–Crippen LogP) is 1.07. The molecule has 0 heterocycles. The lowest BCUT2D eigenvalue weighted by atomic mass is 10.2. The lowest BCUT2D eigenvalue weighted by Gasteiger charge is -2.19. The fourth-order valence-electron chi connectivity index (χ4n) is 0.679. The van der Waals surface area contributed by atoms with Crippen molar-refractivity contribution in [2.45, 2.75) is 26.4 Å². The van der Waals surface area contributed by atoms with Crippen molar-refractivity contribution in [1.82, 2.24) is 5.32 Å². The summed E-state index contributed by atoms with van der Waals surface area (Å²) in [5.74, 6) is 0. The average Bonchev–Trinajstić information content (AvgIpc) is 1.92. The van der Waals surface area contributed by atoms with Crippen LogP contribution in [0.5, 0.6) is 0 Å². The number of alkyl carbamates (subject to hydrolysis) is 1. The molecule has 1 amide bonds. The van der Waals surface area contributed by atoms with Crippen LogP contribution in [-0.2, 0) is 14.6 Å². The quantitative estimate of drug-likeness (QED) is 0.794. The van der Waals surface area contributed by atoms with Crippen molar-refractivity contribution in [2.24, 2.45) is 0 Å². The first-order valence-corrected chi connectivity index (χ1v) is 6.39. The molecule has 5 nitrogen and oxygen atoms in total. The largest absolute Gasteiger partial charge is 0.444 e. The minimum Gasteiger partial charge on any atom is -0.444 e. The van der Waals surface area contributed by atoms with Gasteiger partial charge in [-0.25, -0.2) is 13.2 Å². The van der Waals surface area contributed by atoms with E-state index in [4.69, 9.17) is 4.74 Å². The van der Waals surface area contributed by atoms with Gasteiger partial charge in [0.2, 0.25) is 0 Å². The highest BCUT2D eigenvalue weighted by Gasteiger charge is 2.14. The van der Waals surface area contributed by atoms with Crippen molar-refractivity contribution in [3.63, 3.8) is 0 Å². The van der Waals surface area contributed by atoms with E-state index < -0.39 is 21.5 Å². The van der Waals surface area contributed by atoms with E-state index in [1.807, 2.05) is 0 Å². The molecule has 15 heavy (non-hydrogen) atoms. The molecule has 6 heteroatoms. The van der Waals surface area contributed by atoms with Gasteiger partial charge in [0.25, 0.3) is 0 Å². The van der Waals surface area contributed by atoms with Gasteiger partial charge in [-0.15, -0.1) is 0 Å². The molecule has 0 aliphatic rings. The molecule has 0 atom stereocenters. The van der Waals surface area contributed by atoms with Crippen LogP contribution < -0.4 is 5.32 Å². The third-order valence-corrected chi connectivity index (χ3v) is 1.79. The van der Waals surface area contributed by atoms with E-state index >= 15 is 0 Å². The Morgan fingerprint density at radius 2 is 1.93 bits per heavy atom. The zero-order chi connectivity index (χ0) is 12.1. The van der Waals surface area contributed by atoms with Crippen LogP contribution >= 0.6 is 0 Å². The van der Waals surface area contributed by atoms with Crippen LogP contribution in [0.4, 0.5) is 4.79 Å². The van der Waals surface area contributed by atoms with Crippen molar-refractivity contribution in [1.29, 1.82) is 0 Å². The Balaban J connectivity index is 3.89. The average molecular weight is 235 g/mol. The van der Waals surface area contributed by atoms with E-state index in [1.165, 1.54) is 6.08 Å². The highest BCUT2D eigenvalue weighted by Crippen LogP contribution is 2.06. The second-order valence-corrected chi connectivity index (χ2v) is 6.02. The number of ether oxygens (including phenoxy) is 1. The summed E-state index contributed by atoms with van der Waals surface area (Å²) in [6.45, 7) is 5.37. The van der Waals surface area contributed by atoms with Crippen LogP contribution in [0.2, 0.25) is 0 Å². The number of nitrogens with one attached hydrogen (secondary N) is 1. The van der Waals surface area contributed by atoms with Crippen LogP contribution in [0.15, 0.2) is 11.5 Å². The highest BCUT2D eigenvalue weighted by atomic mass is 32.2. The standard InChI is InChI=1S/C9H17NO4S/c1-9(2,3)14-8(11)10-6-5-7-15(4,12)13/h5,7H,6H2,1-4H3,(H,10,11). The summed E-state index contributed by atoms with van der Waals surface area (Å²) >= 11 is 0. The molecule has 0 aromatic rings. The number of rotatable bonds is 3. The molecular weight excluding hydrogens is 218 g/mol. The fourth-order valence-corrected chi connectivity index (χ4v) is 1.13. The van der Waals surface area contributed by atoms with Gasteiger partial charge in [-0.1, -0.05) is 6.08 Å². The summed E-state index contributed by atoms with van der Waals surface area (Å²) in [5, 5.41) is 3.43. The first kappa shape index (κ1) is 14.0. The number of carbonyl (C=O) groups excluding carboxylic acids is 1. The van der Waals surface area contributed by atoms with E-state index in [1.54, 1.807) is 20.8 Å². The van der Waals surface area contributed by atoms with E-state index in [9.17, 15) is 13.2 Å². The Morgan fingerprint density at radius 1 is 1.40 bits per heavy atom. The Labute approximate surface area is 90.4 Å². The summed E-state index contributed by atoms with van der Waals surface area (Å²) in [6, 6.07) is 0. The SMILES string of the molecule is CC(C)(C)OC(=O)NCC=CS(C)(=O)=O. The minimum atomic E-state index is -3.13. The van der Waals surface area contributed by atoms with Crippen LogP contribution in [-0.4, -0.2) is 32.9 Å². The second kappa shape index (κ2) is 5.16. The molecular formula is C9H17NO4S. The Kier molecular flexibility index (Phi) is 4.80. The van der Waals surface area contributed by atoms with Gasteiger partial charge in [0.1, 0.15) is 5.60 Å². The number of hydrogen-bond donors (Lipinski definition) is 1. The van der Waals surface area contributed by atoms with Gasteiger partial charge in [0, 0.05) is 18.2 Å². The monoisotopic (exact) mass is 235 g/mol. The van der Waals surface area contributed by atoms with Gasteiger partial charge in [0.05, 0.1) is 0 Å². The molecule has 0 aliphatic heterocycles. The molecule has 1 N–H and O–H groups in total. The highest BCUT2D eigenvalue weighted by molar-refractivity contribution is 7.93. The van der Waals surface area contributed by atoms with Gasteiger partial charge >= 0.3 is 6.09 Å². The maximum Gasteiger partial charge on any atom is 0.407 e. The first-order chi connectivity index (χ1) is 6.60. The van der Waals surface area contributed by atoms with Crippen molar-refractivity contribution in [2.75, 3.05) is 12.8 Å². The maximum absolute atomic E-state index is 11.1. The molecule has 0 unspecified atom stereocenters. The Morgan fingerprint density at radius 3 is 2.33 bits per heavy atom. The van der Waals surface area contributed by atoms with Gasteiger partial charge in [-0.3, -0.25) is 0 Å². The van der Waals surface area contributed by atoms with Crippen LogP contribution in [0.25, 0.3) is 0 Å². The third kappa shape index (κ3) is 10.9. The van der Waals surface area contributed by atoms with Gasteiger partial charge < -0.3 is 10.1 Å². The number of carbonyl (C=O) groups is 1. The number of amides is 1. The molecule has 0 aliphatic carbocycles. The van der Waals surface area contributed by atoms with Crippen molar-refractivity contribution < 1.29 is 17.9 Å². The summed E-state index contributed by atoms with van der Waals surface area (Å²) in [6.07, 6.45) is 1.86. The summed E-state index contributed by atoms with van der Waals surface area (Å²) in [5.41, 5.74) is -0.551. The van der Waals surface area contributed by atoms with Gasteiger partial charge in [-0.2, -0.15) is 0 Å². The van der Waals surface area contributed by atoms with Crippen LogP contribution in [0.1, 0.15) is 20.8 Å². The van der Waals surface area contributed by atoms with Gasteiger partial charge in [-0.05, 0) is 20.8 Å². The normalized spacial score (nSPS) is 12.8.